The van der Waals surface area contributed by atoms with Crippen LogP contribution in [0.3, 0.4) is 0 Å². The van der Waals surface area contributed by atoms with Gasteiger partial charge in [0.25, 0.3) is 0 Å². The highest BCUT2D eigenvalue weighted by molar-refractivity contribution is 6.42. The van der Waals surface area contributed by atoms with Crippen molar-refractivity contribution >= 4 is 29.0 Å². The van der Waals surface area contributed by atoms with Crippen LogP contribution in [0, 0.1) is 23.2 Å². The molecule has 0 radical (unpaired) electrons. The highest BCUT2D eigenvalue weighted by Gasteiger charge is 2.36. The Bertz CT molecular complexity index is 855. The fourth-order valence-corrected chi connectivity index (χ4v) is 5.47. The van der Waals surface area contributed by atoms with Crippen molar-refractivity contribution in [1.82, 2.24) is 4.90 Å². The van der Waals surface area contributed by atoms with E-state index in [9.17, 15) is 9.59 Å². The van der Waals surface area contributed by atoms with Gasteiger partial charge in [-0.15, -0.1) is 0 Å². The summed E-state index contributed by atoms with van der Waals surface area (Å²) in [5.41, 5.74) is 1.36. The van der Waals surface area contributed by atoms with Crippen LogP contribution >= 0.6 is 0 Å². The summed E-state index contributed by atoms with van der Waals surface area (Å²) < 4.78 is 4.92. The third kappa shape index (κ3) is 8.43. The number of carbonyl (C=O) groups excluding carboxylic acids is 2. The van der Waals surface area contributed by atoms with Crippen LogP contribution in [-0.4, -0.2) is 74.9 Å². The lowest BCUT2D eigenvalue weighted by molar-refractivity contribution is -0.141. The van der Waals surface area contributed by atoms with E-state index in [4.69, 9.17) is 19.2 Å². The summed E-state index contributed by atoms with van der Waals surface area (Å²) in [6.07, 6.45) is 7.37. The third-order valence-corrected chi connectivity index (χ3v) is 7.49. The second-order valence-corrected chi connectivity index (χ2v) is 11.1. The molecular weight excluding hydrogens is 476 g/mol. The first-order valence-corrected chi connectivity index (χ1v) is 13.3. The molecule has 1 amide bonds. The van der Waals surface area contributed by atoms with Gasteiger partial charge in [0, 0.05) is 36.3 Å². The first-order valence-electron chi connectivity index (χ1n) is 13.3. The van der Waals surface area contributed by atoms with Crippen molar-refractivity contribution in [2.45, 2.75) is 85.1 Å². The predicted octanol–water partition coefficient (Wildman–Crippen LogP) is 4.43. The van der Waals surface area contributed by atoms with E-state index >= 15 is 0 Å². The van der Waals surface area contributed by atoms with Gasteiger partial charge in [-0.05, 0) is 45.4 Å². The fourth-order valence-electron chi connectivity index (χ4n) is 5.47. The summed E-state index contributed by atoms with van der Waals surface area (Å²) in [6, 6.07) is 0.223. The minimum absolute atomic E-state index is 0.0763. The third-order valence-electron chi connectivity index (χ3n) is 7.49. The van der Waals surface area contributed by atoms with Gasteiger partial charge in [0.2, 0.25) is 5.91 Å². The van der Waals surface area contributed by atoms with E-state index in [-0.39, 0.29) is 35.1 Å². The number of amides is 1. The largest absolute Gasteiger partial charge is 0.464 e. The quantitative estimate of drug-likeness (QED) is 0.238. The van der Waals surface area contributed by atoms with Gasteiger partial charge in [0.15, 0.2) is 5.71 Å². The number of methoxy groups -OCH3 is 1. The number of hydrogen-bond donors (Lipinski definition) is 0. The van der Waals surface area contributed by atoms with E-state index < -0.39 is 5.97 Å². The minimum Gasteiger partial charge on any atom is -0.464 e. The maximum atomic E-state index is 12.7. The van der Waals surface area contributed by atoms with Crippen molar-refractivity contribution < 1.29 is 28.8 Å². The van der Waals surface area contributed by atoms with Crippen LogP contribution in [0.1, 0.15) is 79.1 Å². The van der Waals surface area contributed by atoms with Crippen molar-refractivity contribution in [3.63, 3.8) is 0 Å². The molecular formula is C27H46N4O6. The van der Waals surface area contributed by atoms with Gasteiger partial charge in [-0.2, -0.15) is 0 Å². The Morgan fingerprint density at radius 1 is 0.865 bits per heavy atom. The number of nitrogens with zero attached hydrogens (tertiary/aromatic N) is 4. The van der Waals surface area contributed by atoms with Gasteiger partial charge in [0.1, 0.15) is 32.2 Å². The summed E-state index contributed by atoms with van der Waals surface area (Å²) in [7, 11) is 6.21. The Hall–Kier alpha value is -2.65. The number of hydrogen-bond acceptors (Lipinski definition) is 9. The van der Waals surface area contributed by atoms with Crippen LogP contribution in [0.25, 0.3) is 0 Å². The van der Waals surface area contributed by atoms with Crippen molar-refractivity contribution in [2.24, 2.45) is 38.6 Å². The van der Waals surface area contributed by atoms with Crippen molar-refractivity contribution in [3.05, 3.63) is 0 Å². The summed E-state index contributed by atoms with van der Waals surface area (Å²) in [6.45, 7) is 8.10. The molecule has 0 saturated heterocycles. The molecule has 210 valence electrons. The molecule has 0 aromatic heterocycles. The molecule has 0 bridgehead atoms. The highest BCUT2D eigenvalue weighted by Crippen LogP contribution is 2.33. The molecule has 2 aliphatic rings. The van der Waals surface area contributed by atoms with Crippen LogP contribution in [0.4, 0.5) is 0 Å². The molecule has 10 nitrogen and oxygen atoms in total. The first kappa shape index (κ1) is 30.6. The van der Waals surface area contributed by atoms with E-state index in [0.29, 0.717) is 18.0 Å². The lowest BCUT2D eigenvalue weighted by Crippen LogP contribution is -2.45. The molecule has 0 aromatic rings. The van der Waals surface area contributed by atoms with Gasteiger partial charge in [0.05, 0.1) is 7.11 Å². The van der Waals surface area contributed by atoms with E-state index in [1.807, 2.05) is 39.6 Å². The number of oxime groups is 3. The van der Waals surface area contributed by atoms with Crippen LogP contribution in [-0.2, 0) is 28.8 Å². The van der Waals surface area contributed by atoms with Crippen molar-refractivity contribution in [2.75, 3.05) is 35.0 Å². The Balaban J connectivity index is 2.02. The lowest BCUT2D eigenvalue weighted by Gasteiger charge is -2.37. The summed E-state index contributed by atoms with van der Waals surface area (Å²) in [5, 5.41) is 12.6. The average molecular weight is 523 g/mol. The number of rotatable bonds is 10. The molecule has 0 spiro atoms. The van der Waals surface area contributed by atoms with Crippen LogP contribution in [0.15, 0.2) is 15.5 Å². The molecule has 0 aliphatic heterocycles. The average Bonchev–Trinajstić information content (AvgIpc) is 2.89. The van der Waals surface area contributed by atoms with Crippen molar-refractivity contribution in [1.29, 1.82) is 0 Å². The normalized spacial score (nSPS) is 25.8. The zero-order valence-electron chi connectivity index (χ0n) is 23.9. The number of ether oxygens (including phenoxy) is 1. The van der Waals surface area contributed by atoms with E-state index in [0.717, 1.165) is 57.1 Å². The van der Waals surface area contributed by atoms with Gasteiger partial charge in [-0.3, -0.25) is 4.79 Å². The van der Waals surface area contributed by atoms with Crippen molar-refractivity contribution in [3.8, 4) is 0 Å². The molecule has 2 rings (SSSR count). The predicted molar refractivity (Wildman–Crippen MR) is 143 cm³/mol. The van der Waals surface area contributed by atoms with Gasteiger partial charge in [-0.25, -0.2) is 4.79 Å². The van der Waals surface area contributed by atoms with Gasteiger partial charge in [-0.1, -0.05) is 49.1 Å². The molecule has 2 saturated carbocycles. The monoisotopic (exact) mass is 522 g/mol. The zero-order valence-corrected chi connectivity index (χ0v) is 23.9. The summed E-state index contributed by atoms with van der Waals surface area (Å²) in [4.78, 5) is 42.7. The zero-order chi connectivity index (χ0) is 27.6. The first-order chi connectivity index (χ1) is 17.5. The minimum atomic E-state index is -0.474. The molecule has 2 atom stereocenters. The van der Waals surface area contributed by atoms with E-state index in [1.165, 1.54) is 21.3 Å². The second kappa shape index (κ2) is 14.3. The Morgan fingerprint density at radius 2 is 1.46 bits per heavy atom. The molecule has 10 heteroatoms. The summed E-state index contributed by atoms with van der Waals surface area (Å²) >= 11 is 0. The van der Waals surface area contributed by atoms with Crippen LogP contribution in [0.2, 0.25) is 0 Å². The Kier molecular flexibility index (Phi) is 11.8. The topological polar surface area (TPSA) is 111 Å². The second-order valence-electron chi connectivity index (χ2n) is 11.1. The molecule has 0 heterocycles. The SMILES string of the molecule is CO/N=C(/C(C)=N/OCC1CCCCC1/C(=N\OC)C(=O)OC)C1CCC(N(C)C(=O)C(C)(C)C)CC1. The van der Waals surface area contributed by atoms with Crippen LogP contribution < -0.4 is 0 Å². The number of esters is 1. The molecule has 37 heavy (non-hydrogen) atoms. The molecule has 0 N–H and O–H groups in total. The molecule has 0 aromatic carbocycles. The standard InChI is InChI=1S/C27H46N4O6/c1-18(28-37-17-20-11-9-10-12-22(20)24(30-36-8)25(32)34-6)23(29-35-7)19-13-15-21(16-14-19)31(5)26(33)27(2,3)4/h19-22H,9-17H2,1-8H3/b28-18+,29-23-,30-24+. The Labute approximate surface area is 221 Å². The lowest BCUT2D eigenvalue weighted by atomic mass is 9.77. The van der Waals surface area contributed by atoms with E-state index in [1.54, 1.807) is 0 Å². The highest BCUT2D eigenvalue weighted by atomic mass is 16.6. The molecule has 2 unspecified atom stereocenters. The fraction of sp³-hybridized carbons (Fsp3) is 0.815. The van der Waals surface area contributed by atoms with Gasteiger partial charge >= 0.3 is 5.97 Å². The molecule has 2 aliphatic carbocycles. The maximum Gasteiger partial charge on any atom is 0.356 e. The smallest absolute Gasteiger partial charge is 0.356 e. The van der Waals surface area contributed by atoms with Gasteiger partial charge < -0.3 is 24.1 Å². The van der Waals surface area contributed by atoms with Crippen LogP contribution in [0.5, 0.6) is 0 Å². The molecule has 2 fully saturated rings. The summed E-state index contributed by atoms with van der Waals surface area (Å²) in [5.74, 6) is -0.152. The van der Waals surface area contributed by atoms with E-state index in [2.05, 4.69) is 15.5 Å². The number of carbonyl (C=O) groups is 2. The Morgan fingerprint density at radius 3 is 2.03 bits per heavy atom. The maximum absolute atomic E-state index is 12.7.